The van der Waals surface area contributed by atoms with Crippen molar-refractivity contribution in [3.05, 3.63) is 34.9 Å². The fourth-order valence-electron chi connectivity index (χ4n) is 2.14. The lowest BCUT2D eigenvalue weighted by molar-refractivity contribution is -0.132. The van der Waals surface area contributed by atoms with Crippen molar-refractivity contribution in [1.82, 2.24) is 9.80 Å². The number of hydrogen-bond donors (Lipinski definition) is 1. The van der Waals surface area contributed by atoms with Crippen LogP contribution in [-0.2, 0) is 11.3 Å². The second-order valence-corrected chi connectivity index (χ2v) is 6.43. The number of carbonyl (C=O) groups is 1. The number of carbonyl (C=O) groups excluding carboxylic acids is 1. The van der Waals surface area contributed by atoms with Crippen LogP contribution in [-0.4, -0.2) is 53.1 Å². The molecule has 0 atom stereocenters. The van der Waals surface area contributed by atoms with Crippen molar-refractivity contribution < 1.29 is 9.90 Å². The van der Waals surface area contributed by atoms with Crippen molar-refractivity contribution in [2.75, 3.05) is 26.7 Å². The Morgan fingerprint density at radius 3 is 2.57 bits per heavy atom. The van der Waals surface area contributed by atoms with Crippen molar-refractivity contribution in [2.45, 2.75) is 32.9 Å². The summed E-state index contributed by atoms with van der Waals surface area (Å²) >= 11 is 5.95. The quantitative estimate of drug-likeness (QED) is 0.841. The van der Waals surface area contributed by atoms with Gasteiger partial charge in [-0.05, 0) is 38.1 Å². The van der Waals surface area contributed by atoms with Crippen LogP contribution in [0.3, 0.4) is 0 Å². The maximum absolute atomic E-state index is 12.3. The van der Waals surface area contributed by atoms with Crippen molar-refractivity contribution in [3.8, 4) is 0 Å². The Kier molecular flexibility index (Phi) is 6.65. The SMILES string of the molecule is CCN(CC(=O)N(C)Cc1cccc(Cl)c1)CC(C)(C)O. The van der Waals surface area contributed by atoms with Crippen molar-refractivity contribution in [2.24, 2.45) is 0 Å². The molecule has 21 heavy (non-hydrogen) atoms. The second kappa shape index (κ2) is 7.78. The van der Waals surface area contributed by atoms with E-state index in [4.69, 9.17) is 11.6 Å². The number of hydrogen-bond acceptors (Lipinski definition) is 3. The highest BCUT2D eigenvalue weighted by atomic mass is 35.5. The van der Waals surface area contributed by atoms with Crippen LogP contribution >= 0.6 is 11.6 Å². The Labute approximate surface area is 132 Å². The minimum atomic E-state index is -0.804. The van der Waals surface area contributed by atoms with Gasteiger partial charge in [0.2, 0.25) is 5.91 Å². The van der Waals surface area contributed by atoms with E-state index < -0.39 is 5.60 Å². The molecule has 1 amide bonds. The normalized spacial score (nSPS) is 11.8. The number of benzene rings is 1. The van der Waals surface area contributed by atoms with Crippen molar-refractivity contribution in [3.63, 3.8) is 0 Å². The van der Waals surface area contributed by atoms with Gasteiger partial charge in [-0.2, -0.15) is 0 Å². The Hall–Kier alpha value is -1.10. The summed E-state index contributed by atoms with van der Waals surface area (Å²) in [6.07, 6.45) is 0. The van der Waals surface area contributed by atoms with E-state index >= 15 is 0 Å². The molecule has 0 radical (unpaired) electrons. The van der Waals surface area contributed by atoms with Gasteiger partial charge in [0, 0.05) is 25.2 Å². The molecule has 0 saturated carbocycles. The zero-order valence-corrected chi connectivity index (χ0v) is 14.0. The van der Waals surface area contributed by atoms with Gasteiger partial charge in [-0.25, -0.2) is 0 Å². The van der Waals surface area contributed by atoms with Crippen LogP contribution < -0.4 is 0 Å². The lowest BCUT2D eigenvalue weighted by Gasteiger charge is -2.29. The Balaban J connectivity index is 2.57. The molecule has 1 aromatic rings. The van der Waals surface area contributed by atoms with Crippen LogP contribution in [0.2, 0.25) is 5.02 Å². The van der Waals surface area contributed by atoms with Gasteiger partial charge in [-0.15, -0.1) is 0 Å². The van der Waals surface area contributed by atoms with Crippen LogP contribution in [0.5, 0.6) is 0 Å². The highest BCUT2D eigenvalue weighted by Crippen LogP contribution is 2.12. The largest absolute Gasteiger partial charge is 0.389 e. The van der Waals surface area contributed by atoms with Gasteiger partial charge in [0.05, 0.1) is 12.1 Å². The lowest BCUT2D eigenvalue weighted by atomic mass is 10.1. The molecule has 0 saturated heterocycles. The summed E-state index contributed by atoms with van der Waals surface area (Å²) in [4.78, 5) is 15.9. The number of aliphatic hydroxyl groups is 1. The molecule has 0 aromatic heterocycles. The van der Waals surface area contributed by atoms with Crippen LogP contribution in [0.1, 0.15) is 26.3 Å². The third-order valence-corrected chi connectivity index (χ3v) is 3.39. The summed E-state index contributed by atoms with van der Waals surface area (Å²) in [5, 5.41) is 10.5. The summed E-state index contributed by atoms with van der Waals surface area (Å²) in [7, 11) is 1.78. The number of nitrogens with zero attached hydrogens (tertiary/aromatic N) is 2. The Morgan fingerprint density at radius 2 is 2.05 bits per heavy atom. The molecule has 0 aliphatic carbocycles. The highest BCUT2D eigenvalue weighted by Gasteiger charge is 2.20. The first-order valence-corrected chi connectivity index (χ1v) is 7.52. The van der Waals surface area contributed by atoms with E-state index in [1.165, 1.54) is 0 Å². The monoisotopic (exact) mass is 312 g/mol. The maximum Gasteiger partial charge on any atom is 0.236 e. The fourth-order valence-corrected chi connectivity index (χ4v) is 2.35. The van der Waals surface area contributed by atoms with E-state index in [-0.39, 0.29) is 5.91 Å². The molecule has 0 fully saturated rings. The molecule has 0 aliphatic rings. The van der Waals surface area contributed by atoms with Crippen LogP contribution in [0.4, 0.5) is 0 Å². The van der Waals surface area contributed by atoms with Crippen LogP contribution in [0.15, 0.2) is 24.3 Å². The van der Waals surface area contributed by atoms with E-state index in [0.29, 0.717) is 24.7 Å². The van der Waals surface area contributed by atoms with Gasteiger partial charge in [0.1, 0.15) is 0 Å². The average molecular weight is 313 g/mol. The molecule has 5 heteroatoms. The first kappa shape index (κ1) is 18.0. The van der Waals surface area contributed by atoms with E-state index in [1.54, 1.807) is 25.8 Å². The smallest absolute Gasteiger partial charge is 0.236 e. The van der Waals surface area contributed by atoms with E-state index in [9.17, 15) is 9.90 Å². The molecule has 118 valence electrons. The molecule has 1 N–H and O–H groups in total. The number of likely N-dealkylation sites (N-methyl/N-ethyl adjacent to an activating group) is 2. The van der Waals surface area contributed by atoms with Gasteiger partial charge in [0.25, 0.3) is 0 Å². The van der Waals surface area contributed by atoms with Crippen LogP contribution in [0, 0.1) is 0 Å². The molecule has 0 aliphatic heterocycles. The third kappa shape index (κ3) is 6.93. The summed E-state index contributed by atoms with van der Waals surface area (Å²) in [5.41, 5.74) is 0.200. The van der Waals surface area contributed by atoms with Gasteiger partial charge < -0.3 is 10.0 Å². The molecular weight excluding hydrogens is 288 g/mol. The van der Waals surface area contributed by atoms with Gasteiger partial charge in [0.15, 0.2) is 0 Å². The summed E-state index contributed by atoms with van der Waals surface area (Å²) in [5.74, 6) is 0.0288. The fraction of sp³-hybridized carbons (Fsp3) is 0.562. The number of halogens is 1. The van der Waals surface area contributed by atoms with Crippen LogP contribution in [0.25, 0.3) is 0 Å². The number of amides is 1. The second-order valence-electron chi connectivity index (χ2n) is 6.00. The summed E-state index contributed by atoms with van der Waals surface area (Å²) in [6.45, 7) is 7.50. The molecular formula is C16H25ClN2O2. The maximum atomic E-state index is 12.3. The first-order chi connectivity index (χ1) is 9.71. The lowest BCUT2D eigenvalue weighted by Crippen LogP contribution is -2.44. The highest BCUT2D eigenvalue weighted by molar-refractivity contribution is 6.30. The Morgan fingerprint density at radius 1 is 1.38 bits per heavy atom. The number of rotatable bonds is 7. The summed E-state index contributed by atoms with van der Waals surface area (Å²) < 4.78 is 0. The first-order valence-electron chi connectivity index (χ1n) is 7.14. The van der Waals surface area contributed by atoms with Gasteiger partial charge >= 0.3 is 0 Å². The van der Waals surface area contributed by atoms with Crippen molar-refractivity contribution in [1.29, 1.82) is 0 Å². The molecule has 0 spiro atoms. The van der Waals surface area contributed by atoms with E-state index in [1.807, 2.05) is 36.1 Å². The topological polar surface area (TPSA) is 43.8 Å². The van der Waals surface area contributed by atoms with Crippen molar-refractivity contribution >= 4 is 17.5 Å². The molecule has 0 heterocycles. The minimum Gasteiger partial charge on any atom is -0.389 e. The van der Waals surface area contributed by atoms with E-state index in [2.05, 4.69) is 0 Å². The average Bonchev–Trinajstić information content (AvgIpc) is 2.36. The molecule has 0 unspecified atom stereocenters. The van der Waals surface area contributed by atoms with E-state index in [0.717, 1.165) is 12.1 Å². The zero-order chi connectivity index (χ0) is 16.0. The molecule has 1 rings (SSSR count). The van der Waals surface area contributed by atoms with Gasteiger partial charge in [-0.3, -0.25) is 9.69 Å². The standard InChI is InChI=1S/C16H25ClN2O2/c1-5-19(12-16(2,3)21)11-15(20)18(4)10-13-7-6-8-14(17)9-13/h6-9,21H,5,10-12H2,1-4H3. The Bertz CT molecular complexity index is 472. The third-order valence-electron chi connectivity index (χ3n) is 3.15. The molecule has 4 nitrogen and oxygen atoms in total. The predicted molar refractivity (Wildman–Crippen MR) is 86.3 cm³/mol. The zero-order valence-electron chi connectivity index (χ0n) is 13.3. The van der Waals surface area contributed by atoms with Gasteiger partial charge in [-0.1, -0.05) is 30.7 Å². The minimum absolute atomic E-state index is 0.0288. The predicted octanol–water partition coefficient (Wildman–Crippen LogP) is 2.39. The molecule has 0 bridgehead atoms. The summed E-state index contributed by atoms with van der Waals surface area (Å²) in [6, 6.07) is 7.50. The molecule has 1 aromatic carbocycles.